The predicted molar refractivity (Wildman–Crippen MR) is 173 cm³/mol. The number of rotatable bonds is 7. The van der Waals surface area contributed by atoms with E-state index in [-0.39, 0.29) is 22.9 Å². The van der Waals surface area contributed by atoms with Crippen molar-refractivity contribution >= 4 is 40.7 Å². The molecule has 0 saturated carbocycles. The Kier molecular flexibility index (Phi) is 8.74. The van der Waals surface area contributed by atoms with Gasteiger partial charge in [0.2, 0.25) is 5.91 Å². The van der Waals surface area contributed by atoms with Crippen LogP contribution in [-0.2, 0) is 11.2 Å². The fourth-order valence-corrected chi connectivity index (χ4v) is 6.46. The van der Waals surface area contributed by atoms with Gasteiger partial charge in [-0.1, -0.05) is 35.0 Å². The van der Waals surface area contributed by atoms with E-state index in [0.717, 1.165) is 41.9 Å². The van der Waals surface area contributed by atoms with Crippen molar-refractivity contribution in [2.75, 3.05) is 43.9 Å². The van der Waals surface area contributed by atoms with E-state index >= 15 is 0 Å². The maximum Gasteiger partial charge on any atom is 0.277 e. The van der Waals surface area contributed by atoms with Crippen LogP contribution in [-0.4, -0.2) is 82.3 Å². The Morgan fingerprint density at radius 3 is 2.37 bits per heavy atom. The first-order valence-electron chi connectivity index (χ1n) is 15.0. The number of benzene rings is 3. The summed E-state index contributed by atoms with van der Waals surface area (Å²) in [5, 5.41) is 10.8. The highest BCUT2D eigenvalue weighted by Gasteiger charge is 2.39. The Labute approximate surface area is 270 Å². The quantitative estimate of drug-likeness (QED) is 0.310. The first-order chi connectivity index (χ1) is 22.1. The summed E-state index contributed by atoms with van der Waals surface area (Å²) in [5.74, 6) is -2.23. The first kappa shape index (κ1) is 31.2. The highest BCUT2D eigenvalue weighted by atomic mass is 35.5. The number of nitrogens with zero attached hydrogens (tertiary/aromatic N) is 6. The van der Waals surface area contributed by atoms with Gasteiger partial charge in [0, 0.05) is 42.6 Å². The molecule has 3 heterocycles. The molecule has 3 N–H and O–H groups in total. The molecule has 6 rings (SSSR count). The van der Waals surface area contributed by atoms with Crippen molar-refractivity contribution in [2.45, 2.75) is 31.3 Å². The van der Waals surface area contributed by atoms with Crippen molar-refractivity contribution in [3.8, 4) is 5.69 Å². The van der Waals surface area contributed by atoms with Crippen molar-refractivity contribution in [3.05, 3.63) is 100 Å². The number of amides is 3. The third-order valence-corrected chi connectivity index (χ3v) is 9.06. The number of aromatic nitrogens is 3. The zero-order valence-electron chi connectivity index (χ0n) is 25.5. The number of carbonyl (C=O) groups is 3. The lowest BCUT2D eigenvalue weighted by molar-refractivity contribution is -0.121. The van der Waals surface area contributed by atoms with Crippen LogP contribution in [0.5, 0.6) is 0 Å². The van der Waals surface area contributed by atoms with Crippen molar-refractivity contribution in [3.63, 3.8) is 0 Å². The maximum absolute atomic E-state index is 14.7. The Hall–Kier alpha value is -4.81. The number of fused-ring (bicyclic) bond motifs is 1. The van der Waals surface area contributed by atoms with Crippen molar-refractivity contribution in [1.29, 1.82) is 0 Å². The van der Waals surface area contributed by atoms with Crippen LogP contribution in [0.2, 0.25) is 5.02 Å². The van der Waals surface area contributed by atoms with Gasteiger partial charge in [0.15, 0.2) is 11.5 Å². The van der Waals surface area contributed by atoms with E-state index < -0.39 is 29.6 Å². The second kappa shape index (κ2) is 12.9. The summed E-state index contributed by atoms with van der Waals surface area (Å²) >= 11 is 5.95. The van der Waals surface area contributed by atoms with Crippen LogP contribution in [0.15, 0.2) is 66.9 Å². The Morgan fingerprint density at radius 1 is 0.978 bits per heavy atom. The third kappa shape index (κ3) is 6.05. The maximum atomic E-state index is 14.7. The summed E-state index contributed by atoms with van der Waals surface area (Å²) in [6, 6.07) is 16.1. The van der Waals surface area contributed by atoms with Gasteiger partial charge >= 0.3 is 0 Å². The SMILES string of the molecule is CN(C)C1CCN(c2cccc3c2CCN(C(=O)c2cn(-c4cccc(Cl)c4F)nn2)[C@@H]3C(=O)Nc2ccc(C(N)=O)cc2)CC1. The van der Waals surface area contributed by atoms with Crippen molar-refractivity contribution in [1.82, 2.24) is 24.8 Å². The van der Waals surface area contributed by atoms with Crippen molar-refractivity contribution in [2.24, 2.45) is 5.73 Å². The molecule has 0 spiro atoms. The zero-order chi connectivity index (χ0) is 32.5. The lowest BCUT2D eigenvalue weighted by atomic mass is 9.89. The van der Waals surface area contributed by atoms with Gasteiger partial charge in [-0.2, -0.15) is 0 Å². The third-order valence-electron chi connectivity index (χ3n) is 8.77. The van der Waals surface area contributed by atoms with Crippen LogP contribution in [0, 0.1) is 5.82 Å². The summed E-state index contributed by atoms with van der Waals surface area (Å²) in [7, 11) is 4.20. The van der Waals surface area contributed by atoms with Gasteiger partial charge in [0.05, 0.1) is 11.2 Å². The number of hydrogen-bond acceptors (Lipinski definition) is 7. The van der Waals surface area contributed by atoms with Crippen LogP contribution in [0.4, 0.5) is 15.8 Å². The van der Waals surface area contributed by atoms with E-state index in [2.05, 4.69) is 45.6 Å². The lowest BCUT2D eigenvalue weighted by Gasteiger charge is -2.41. The van der Waals surface area contributed by atoms with Crippen molar-refractivity contribution < 1.29 is 18.8 Å². The Morgan fingerprint density at radius 2 is 1.67 bits per heavy atom. The topological polar surface area (TPSA) is 130 Å². The second-order valence-electron chi connectivity index (χ2n) is 11.7. The van der Waals surface area contributed by atoms with E-state index in [4.69, 9.17) is 17.3 Å². The molecule has 13 heteroatoms. The van der Waals surface area contributed by atoms with Gasteiger partial charge in [-0.3, -0.25) is 14.4 Å². The molecular weight excluding hydrogens is 611 g/mol. The average Bonchev–Trinajstić information content (AvgIpc) is 3.55. The standard InChI is InChI=1S/C33H34ClFN8O3/c1-40(2)22-13-16-41(17-14-22)27-7-3-5-24-23(27)15-18-42(30(24)32(45)37-21-11-9-20(10-12-21)31(36)44)33(46)26-19-43(39-38-26)28-8-4-6-25(34)29(28)35/h3-12,19,22,30H,13-18H2,1-2H3,(H2,36,44)(H,37,45)/t30-/m0/s1. The zero-order valence-corrected chi connectivity index (χ0v) is 26.2. The van der Waals surface area contributed by atoms with Crippen LogP contribution in [0.3, 0.4) is 0 Å². The molecule has 1 aromatic heterocycles. The number of hydrogen-bond donors (Lipinski definition) is 2. The van der Waals surface area contributed by atoms with Gasteiger partial charge in [-0.05, 0) is 86.9 Å². The van der Waals surface area contributed by atoms with Gasteiger partial charge in [0.25, 0.3) is 11.8 Å². The summed E-state index contributed by atoms with van der Waals surface area (Å²) in [5.41, 5.74) is 8.91. The molecule has 0 unspecified atom stereocenters. The minimum atomic E-state index is -1.00. The molecule has 0 bridgehead atoms. The molecule has 1 fully saturated rings. The minimum Gasteiger partial charge on any atom is -0.371 e. The van der Waals surface area contributed by atoms with E-state index in [9.17, 15) is 18.8 Å². The molecule has 2 aliphatic rings. The number of anilines is 2. The molecule has 46 heavy (non-hydrogen) atoms. The largest absolute Gasteiger partial charge is 0.371 e. The molecule has 4 aromatic rings. The Balaban J connectivity index is 1.34. The van der Waals surface area contributed by atoms with Gasteiger partial charge in [-0.25, -0.2) is 9.07 Å². The van der Waals surface area contributed by atoms with E-state index in [0.29, 0.717) is 29.3 Å². The van der Waals surface area contributed by atoms with Crippen LogP contribution in [0.1, 0.15) is 50.9 Å². The fraction of sp³-hybridized carbons (Fsp3) is 0.303. The van der Waals surface area contributed by atoms with E-state index in [1.165, 1.54) is 35.4 Å². The van der Waals surface area contributed by atoms with Crippen LogP contribution in [0.25, 0.3) is 5.69 Å². The highest BCUT2D eigenvalue weighted by Crippen LogP contribution is 2.38. The predicted octanol–water partition coefficient (Wildman–Crippen LogP) is 4.07. The molecule has 3 amide bonds. The van der Waals surface area contributed by atoms with Crippen LogP contribution < -0.4 is 16.0 Å². The molecule has 0 aliphatic carbocycles. The molecule has 1 saturated heterocycles. The first-order valence-corrected chi connectivity index (χ1v) is 15.4. The fourth-order valence-electron chi connectivity index (χ4n) is 6.30. The molecule has 238 valence electrons. The number of halogens is 2. The number of nitrogens with one attached hydrogen (secondary N) is 1. The number of nitrogens with two attached hydrogens (primary N) is 1. The summed E-state index contributed by atoms with van der Waals surface area (Å²) in [4.78, 5) is 45.8. The van der Waals surface area contributed by atoms with Crippen LogP contribution >= 0.6 is 11.6 Å². The smallest absolute Gasteiger partial charge is 0.277 e. The molecule has 1 atom stereocenters. The van der Waals surface area contributed by atoms with Gasteiger partial charge < -0.3 is 25.8 Å². The highest BCUT2D eigenvalue weighted by molar-refractivity contribution is 6.30. The minimum absolute atomic E-state index is 0.0411. The molecule has 0 radical (unpaired) electrons. The summed E-state index contributed by atoms with van der Waals surface area (Å²) in [6.07, 6.45) is 3.90. The number of carbonyl (C=O) groups excluding carboxylic acids is 3. The number of piperidine rings is 1. The molecule has 2 aliphatic heterocycles. The molecule has 3 aromatic carbocycles. The molecular formula is C33H34ClFN8O3. The summed E-state index contributed by atoms with van der Waals surface area (Å²) in [6.45, 7) is 2.01. The van der Waals surface area contributed by atoms with Gasteiger partial charge in [-0.15, -0.1) is 5.10 Å². The van der Waals surface area contributed by atoms with E-state index in [1.807, 2.05) is 12.1 Å². The monoisotopic (exact) mass is 644 g/mol. The molecule has 11 nitrogen and oxygen atoms in total. The number of primary amides is 1. The lowest BCUT2D eigenvalue weighted by Crippen LogP contribution is -2.46. The summed E-state index contributed by atoms with van der Waals surface area (Å²) < 4.78 is 15.9. The normalized spacial score (nSPS) is 16.8. The Bertz CT molecular complexity index is 1790. The van der Waals surface area contributed by atoms with Gasteiger partial charge in [0.1, 0.15) is 11.7 Å². The second-order valence-corrected chi connectivity index (χ2v) is 12.1. The van der Waals surface area contributed by atoms with E-state index in [1.54, 1.807) is 18.2 Å². The average molecular weight is 645 g/mol.